The number of halogens is 1. The standard InChI is InChI=1S/C17H26N2O4.ClH/c1-21-14-5-4-13(12-15(14)22-2)6-9-19-16(20)17(23-3)7-10-18-11-8-17;/h4-5,12,18H,6-11H2,1-3H3,(H,19,20);1H. The number of ether oxygens (including phenoxy) is 3. The fraction of sp³-hybridized carbons (Fsp3) is 0.588. The summed E-state index contributed by atoms with van der Waals surface area (Å²) in [6.45, 7) is 2.17. The van der Waals surface area contributed by atoms with Crippen LogP contribution < -0.4 is 20.1 Å². The van der Waals surface area contributed by atoms with Gasteiger partial charge in [-0.1, -0.05) is 6.07 Å². The lowest BCUT2D eigenvalue weighted by molar-refractivity contribution is -0.146. The van der Waals surface area contributed by atoms with Gasteiger partial charge in [-0.25, -0.2) is 0 Å². The molecule has 0 bridgehead atoms. The zero-order valence-electron chi connectivity index (χ0n) is 14.5. The van der Waals surface area contributed by atoms with Gasteiger partial charge < -0.3 is 24.8 Å². The largest absolute Gasteiger partial charge is 0.493 e. The lowest BCUT2D eigenvalue weighted by atomic mass is 9.91. The molecule has 136 valence electrons. The summed E-state index contributed by atoms with van der Waals surface area (Å²) in [6, 6.07) is 5.78. The van der Waals surface area contributed by atoms with Crippen LogP contribution in [-0.2, 0) is 16.0 Å². The molecule has 1 aromatic rings. The number of rotatable bonds is 7. The molecule has 0 unspecified atom stereocenters. The quantitative estimate of drug-likeness (QED) is 0.774. The van der Waals surface area contributed by atoms with Gasteiger partial charge >= 0.3 is 0 Å². The van der Waals surface area contributed by atoms with E-state index < -0.39 is 5.60 Å². The van der Waals surface area contributed by atoms with Crippen molar-refractivity contribution in [2.75, 3.05) is 41.0 Å². The van der Waals surface area contributed by atoms with Gasteiger partial charge in [-0.05, 0) is 50.0 Å². The minimum Gasteiger partial charge on any atom is -0.493 e. The smallest absolute Gasteiger partial charge is 0.252 e. The Morgan fingerprint density at radius 3 is 2.42 bits per heavy atom. The van der Waals surface area contributed by atoms with Gasteiger partial charge in [0.15, 0.2) is 11.5 Å². The summed E-state index contributed by atoms with van der Waals surface area (Å²) in [5.41, 5.74) is 0.391. The molecule has 0 radical (unpaired) electrons. The van der Waals surface area contributed by atoms with E-state index in [1.165, 1.54) is 0 Å². The van der Waals surface area contributed by atoms with Crippen molar-refractivity contribution in [2.45, 2.75) is 24.9 Å². The van der Waals surface area contributed by atoms with Crippen molar-refractivity contribution in [3.8, 4) is 11.5 Å². The number of benzene rings is 1. The van der Waals surface area contributed by atoms with Crippen LogP contribution in [0.3, 0.4) is 0 Å². The van der Waals surface area contributed by atoms with Gasteiger partial charge in [-0.3, -0.25) is 4.79 Å². The van der Waals surface area contributed by atoms with E-state index in [0.717, 1.165) is 25.1 Å². The number of methoxy groups -OCH3 is 3. The average Bonchev–Trinajstić information content (AvgIpc) is 2.61. The number of hydrogen-bond acceptors (Lipinski definition) is 5. The van der Waals surface area contributed by atoms with E-state index in [1.807, 2.05) is 18.2 Å². The molecular formula is C17H27ClN2O4. The van der Waals surface area contributed by atoms with E-state index in [1.54, 1.807) is 21.3 Å². The summed E-state index contributed by atoms with van der Waals surface area (Å²) in [6.07, 6.45) is 2.13. The first kappa shape index (κ1) is 20.5. The van der Waals surface area contributed by atoms with E-state index in [-0.39, 0.29) is 18.3 Å². The van der Waals surface area contributed by atoms with Crippen LogP contribution in [0.1, 0.15) is 18.4 Å². The Hall–Kier alpha value is -1.50. The molecule has 1 aliphatic rings. The van der Waals surface area contributed by atoms with E-state index in [2.05, 4.69) is 10.6 Å². The Morgan fingerprint density at radius 1 is 1.17 bits per heavy atom. The third kappa shape index (κ3) is 4.75. The highest BCUT2D eigenvalue weighted by Gasteiger charge is 2.39. The molecule has 1 saturated heterocycles. The molecule has 2 rings (SSSR count). The minimum atomic E-state index is -0.692. The maximum Gasteiger partial charge on any atom is 0.252 e. The number of nitrogens with one attached hydrogen (secondary N) is 2. The minimum absolute atomic E-state index is 0. The van der Waals surface area contributed by atoms with Crippen LogP contribution in [-0.4, -0.2) is 52.5 Å². The second-order valence-corrected chi connectivity index (χ2v) is 5.64. The Bertz CT molecular complexity index is 533. The summed E-state index contributed by atoms with van der Waals surface area (Å²) in [5, 5.41) is 6.24. The Kier molecular flexibility index (Phi) is 8.31. The lowest BCUT2D eigenvalue weighted by Gasteiger charge is -2.34. The van der Waals surface area contributed by atoms with Crippen molar-refractivity contribution in [3.05, 3.63) is 23.8 Å². The van der Waals surface area contributed by atoms with Gasteiger partial charge in [0, 0.05) is 13.7 Å². The molecule has 1 aromatic carbocycles. The monoisotopic (exact) mass is 358 g/mol. The van der Waals surface area contributed by atoms with Crippen LogP contribution in [0.25, 0.3) is 0 Å². The van der Waals surface area contributed by atoms with Gasteiger partial charge in [-0.15, -0.1) is 12.4 Å². The Labute approximate surface area is 149 Å². The zero-order valence-corrected chi connectivity index (χ0v) is 15.3. The summed E-state index contributed by atoms with van der Waals surface area (Å²) in [7, 11) is 4.84. The van der Waals surface area contributed by atoms with Gasteiger partial charge in [0.2, 0.25) is 0 Å². The van der Waals surface area contributed by atoms with Gasteiger partial charge in [0.25, 0.3) is 5.91 Å². The summed E-state index contributed by atoms with van der Waals surface area (Å²) < 4.78 is 16.0. The van der Waals surface area contributed by atoms with Crippen molar-refractivity contribution in [1.82, 2.24) is 10.6 Å². The highest BCUT2D eigenvalue weighted by Crippen LogP contribution is 2.27. The molecule has 0 aliphatic carbocycles. The maximum absolute atomic E-state index is 12.5. The number of carbonyl (C=O) groups excluding carboxylic acids is 1. The van der Waals surface area contributed by atoms with Crippen molar-refractivity contribution < 1.29 is 19.0 Å². The third-order valence-electron chi connectivity index (χ3n) is 4.36. The Morgan fingerprint density at radius 2 is 1.83 bits per heavy atom. The normalized spacial score (nSPS) is 16.0. The second kappa shape index (κ2) is 9.71. The molecule has 0 spiro atoms. The van der Waals surface area contributed by atoms with Crippen LogP contribution >= 0.6 is 12.4 Å². The zero-order chi connectivity index (χ0) is 16.7. The number of piperidine rings is 1. The molecule has 6 nitrogen and oxygen atoms in total. The highest BCUT2D eigenvalue weighted by atomic mass is 35.5. The van der Waals surface area contributed by atoms with Crippen LogP contribution in [0.15, 0.2) is 18.2 Å². The molecule has 24 heavy (non-hydrogen) atoms. The topological polar surface area (TPSA) is 68.8 Å². The molecule has 0 saturated carbocycles. The summed E-state index contributed by atoms with van der Waals surface area (Å²) >= 11 is 0. The van der Waals surface area contributed by atoms with Gasteiger partial charge in [0.05, 0.1) is 14.2 Å². The van der Waals surface area contributed by atoms with Crippen molar-refractivity contribution in [3.63, 3.8) is 0 Å². The van der Waals surface area contributed by atoms with Crippen LogP contribution in [0.5, 0.6) is 11.5 Å². The molecule has 0 atom stereocenters. The average molecular weight is 359 g/mol. The third-order valence-corrected chi connectivity index (χ3v) is 4.36. The van der Waals surface area contributed by atoms with E-state index in [4.69, 9.17) is 14.2 Å². The molecule has 1 amide bonds. The Balaban J connectivity index is 0.00000288. The first-order valence-electron chi connectivity index (χ1n) is 7.90. The predicted molar refractivity (Wildman–Crippen MR) is 95.4 cm³/mol. The summed E-state index contributed by atoms with van der Waals surface area (Å²) in [5.74, 6) is 1.37. The second-order valence-electron chi connectivity index (χ2n) is 5.64. The van der Waals surface area contributed by atoms with Crippen molar-refractivity contribution in [2.24, 2.45) is 0 Å². The fourth-order valence-corrected chi connectivity index (χ4v) is 2.87. The number of carbonyl (C=O) groups is 1. The SMILES string of the molecule is COc1ccc(CCNC(=O)C2(OC)CCNCC2)cc1OC.Cl. The molecule has 1 aliphatic heterocycles. The van der Waals surface area contributed by atoms with Crippen LogP contribution in [0.4, 0.5) is 0 Å². The lowest BCUT2D eigenvalue weighted by Crippen LogP contribution is -2.54. The van der Waals surface area contributed by atoms with E-state index in [0.29, 0.717) is 30.9 Å². The maximum atomic E-state index is 12.5. The molecular weight excluding hydrogens is 332 g/mol. The molecule has 0 aromatic heterocycles. The predicted octanol–water partition coefficient (Wildman–Crippen LogP) is 1.55. The first-order valence-corrected chi connectivity index (χ1v) is 7.90. The first-order chi connectivity index (χ1) is 11.1. The van der Waals surface area contributed by atoms with E-state index >= 15 is 0 Å². The van der Waals surface area contributed by atoms with Gasteiger partial charge in [0.1, 0.15) is 5.60 Å². The van der Waals surface area contributed by atoms with E-state index in [9.17, 15) is 4.79 Å². The highest BCUT2D eigenvalue weighted by molar-refractivity contribution is 5.85. The number of amides is 1. The summed E-state index contributed by atoms with van der Waals surface area (Å²) in [4.78, 5) is 12.5. The van der Waals surface area contributed by atoms with Crippen molar-refractivity contribution >= 4 is 18.3 Å². The molecule has 7 heteroatoms. The van der Waals surface area contributed by atoms with Gasteiger partial charge in [-0.2, -0.15) is 0 Å². The van der Waals surface area contributed by atoms with Crippen LogP contribution in [0, 0.1) is 0 Å². The molecule has 1 fully saturated rings. The van der Waals surface area contributed by atoms with Crippen LogP contribution in [0.2, 0.25) is 0 Å². The number of hydrogen-bond donors (Lipinski definition) is 2. The fourth-order valence-electron chi connectivity index (χ4n) is 2.87. The molecule has 2 N–H and O–H groups in total. The molecule has 1 heterocycles. The van der Waals surface area contributed by atoms with Crippen molar-refractivity contribution in [1.29, 1.82) is 0 Å².